The molecule has 0 rings (SSSR count). The molecule has 150 valence electrons. The normalized spacial score (nSPS) is 12.5. The number of rotatable bonds is 18. The number of ether oxygens (including phenoxy) is 1. The predicted octanol–water partition coefficient (Wildman–Crippen LogP) is 6.42. The molecule has 0 heterocycles. The lowest BCUT2D eigenvalue weighted by Crippen LogP contribution is -2.09. The van der Waals surface area contributed by atoms with E-state index in [2.05, 4.69) is 20.8 Å². The Morgan fingerprint density at radius 3 is 1.80 bits per heavy atom. The van der Waals surface area contributed by atoms with Crippen molar-refractivity contribution in [2.45, 2.75) is 123 Å². The third kappa shape index (κ3) is 19.6. The molecule has 0 aromatic carbocycles. The highest BCUT2D eigenvalue weighted by molar-refractivity contribution is 5.69. The lowest BCUT2D eigenvalue weighted by atomic mass is 10.0. The Balaban J connectivity index is 3.22. The Kier molecular flexibility index (Phi) is 17.8. The van der Waals surface area contributed by atoms with Gasteiger partial charge in [0.1, 0.15) is 0 Å². The molecule has 1 atom stereocenters. The topological polar surface area (TPSA) is 46.5 Å². The van der Waals surface area contributed by atoms with Crippen LogP contribution in [0, 0.1) is 5.92 Å². The first-order valence-corrected chi connectivity index (χ1v) is 10.9. The molecule has 0 aliphatic carbocycles. The Morgan fingerprint density at radius 1 is 0.800 bits per heavy atom. The molecule has 0 fully saturated rings. The van der Waals surface area contributed by atoms with E-state index < -0.39 is 0 Å². The standard InChI is InChI=1S/C22H44O3/c1-4-5-6-13-16-21(23)17-14-11-9-7-8-10-12-15-18-22(24)25-19-20(2)3/h20-21,23H,4-19H2,1-3H3. The van der Waals surface area contributed by atoms with Gasteiger partial charge in [0.15, 0.2) is 0 Å². The second-order valence-electron chi connectivity index (χ2n) is 7.95. The summed E-state index contributed by atoms with van der Waals surface area (Å²) in [7, 11) is 0. The largest absolute Gasteiger partial charge is 0.465 e. The fourth-order valence-electron chi connectivity index (χ4n) is 2.99. The molecule has 0 spiro atoms. The first-order chi connectivity index (χ1) is 12.1. The molecule has 1 unspecified atom stereocenters. The number of hydrogen-bond acceptors (Lipinski definition) is 3. The predicted molar refractivity (Wildman–Crippen MR) is 107 cm³/mol. The summed E-state index contributed by atoms with van der Waals surface area (Å²) in [4.78, 5) is 11.5. The minimum absolute atomic E-state index is 0.0399. The van der Waals surface area contributed by atoms with Gasteiger partial charge in [-0.15, -0.1) is 0 Å². The molecule has 3 heteroatoms. The maximum Gasteiger partial charge on any atom is 0.305 e. The lowest BCUT2D eigenvalue weighted by molar-refractivity contribution is -0.144. The highest BCUT2D eigenvalue weighted by Crippen LogP contribution is 2.14. The summed E-state index contributed by atoms with van der Waals surface area (Å²) in [5.74, 6) is 0.382. The van der Waals surface area contributed by atoms with Crippen LogP contribution in [-0.2, 0) is 9.53 Å². The third-order valence-electron chi connectivity index (χ3n) is 4.64. The summed E-state index contributed by atoms with van der Waals surface area (Å²) in [6.07, 6.45) is 17.0. The summed E-state index contributed by atoms with van der Waals surface area (Å²) < 4.78 is 5.17. The van der Waals surface area contributed by atoms with E-state index in [0.717, 1.165) is 32.1 Å². The van der Waals surface area contributed by atoms with E-state index in [1.54, 1.807) is 0 Å². The van der Waals surface area contributed by atoms with E-state index in [9.17, 15) is 9.90 Å². The zero-order valence-corrected chi connectivity index (χ0v) is 17.2. The fraction of sp³-hybridized carbons (Fsp3) is 0.955. The number of esters is 1. The van der Waals surface area contributed by atoms with Crippen molar-refractivity contribution in [3.05, 3.63) is 0 Å². The van der Waals surface area contributed by atoms with Crippen molar-refractivity contribution in [1.29, 1.82) is 0 Å². The first kappa shape index (κ1) is 24.4. The van der Waals surface area contributed by atoms with Crippen LogP contribution in [0.3, 0.4) is 0 Å². The van der Waals surface area contributed by atoms with Crippen molar-refractivity contribution in [2.24, 2.45) is 5.92 Å². The van der Waals surface area contributed by atoms with Crippen LogP contribution in [-0.4, -0.2) is 23.8 Å². The van der Waals surface area contributed by atoms with Crippen LogP contribution in [0.1, 0.15) is 117 Å². The molecule has 0 aromatic heterocycles. The minimum atomic E-state index is -0.0766. The molecule has 0 aliphatic heterocycles. The number of unbranched alkanes of at least 4 members (excludes halogenated alkanes) is 10. The zero-order valence-electron chi connectivity index (χ0n) is 17.2. The number of carbonyl (C=O) groups excluding carboxylic acids is 1. The molecular formula is C22H44O3. The van der Waals surface area contributed by atoms with Crippen molar-refractivity contribution < 1.29 is 14.6 Å². The van der Waals surface area contributed by atoms with Gasteiger partial charge in [0, 0.05) is 6.42 Å². The van der Waals surface area contributed by atoms with E-state index in [-0.39, 0.29) is 12.1 Å². The van der Waals surface area contributed by atoms with E-state index in [1.165, 1.54) is 57.8 Å². The van der Waals surface area contributed by atoms with E-state index in [1.807, 2.05) is 0 Å². The molecule has 0 radical (unpaired) electrons. The van der Waals surface area contributed by atoms with Gasteiger partial charge in [-0.05, 0) is 25.2 Å². The molecule has 0 saturated carbocycles. The monoisotopic (exact) mass is 356 g/mol. The molecule has 0 aromatic rings. The minimum Gasteiger partial charge on any atom is -0.465 e. The lowest BCUT2D eigenvalue weighted by Gasteiger charge is -2.10. The molecule has 0 saturated heterocycles. The summed E-state index contributed by atoms with van der Waals surface area (Å²) in [6.45, 7) is 6.88. The Bertz CT molecular complexity index is 289. The molecule has 0 amide bonds. The van der Waals surface area contributed by atoms with Gasteiger partial charge in [-0.1, -0.05) is 91.4 Å². The van der Waals surface area contributed by atoms with Crippen molar-refractivity contribution in [3.8, 4) is 0 Å². The van der Waals surface area contributed by atoms with Gasteiger partial charge < -0.3 is 9.84 Å². The van der Waals surface area contributed by atoms with Crippen molar-refractivity contribution >= 4 is 5.97 Å². The number of carbonyl (C=O) groups is 1. The number of hydrogen-bond donors (Lipinski definition) is 1. The third-order valence-corrected chi connectivity index (χ3v) is 4.64. The first-order valence-electron chi connectivity index (χ1n) is 10.9. The average Bonchev–Trinajstić information content (AvgIpc) is 2.58. The van der Waals surface area contributed by atoms with Gasteiger partial charge in [0.25, 0.3) is 0 Å². The van der Waals surface area contributed by atoms with E-state index in [4.69, 9.17) is 4.74 Å². The summed E-state index contributed by atoms with van der Waals surface area (Å²) >= 11 is 0. The summed E-state index contributed by atoms with van der Waals surface area (Å²) in [5.41, 5.74) is 0. The van der Waals surface area contributed by atoms with Crippen molar-refractivity contribution in [3.63, 3.8) is 0 Å². The molecule has 3 nitrogen and oxygen atoms in total. The highest BCUT2D eigenvalue weighted by atomic mass is 16.5. The van der Waals surface area contributed by atoms with E-state index >= 15 is 0 Å². The van der Waals surface area contributed by atoms with Gasteiger partial charge in [0.2, 0.25) is 0 Å². The molecule has 1 N–H and O–H groups in total. The molecule has 25 heavy (non-hydrogen) atoms. The number of aliphatic hydroxyl groups is 1. The quantitative estimate of drug-likeness (QED) is 0.228. The maximum atomic E-state index is 11.5. The van der Waals surface area contributed by atoms with Crippen LogP contribution in [0.25, 0.3) is 0 Å². The van der Waals surface area contributed by atoms with Crippen LogP contribution >= 0.6 is 0 Å². The van der Waals surface area contributed by atoms with Crippen molar-refractivity contribution in [2.75, 3.05) is 6.61 Å². The summed E-state index contributed by atoms with van der Waals surface area (Å²) in [5, 5.41) is 9.92. The van der Waals surface area contributed by atoms with Gasteiger partial charge in [-0.2, -0.15) is 0 Å². The van der Waals surface area contributed by atoms with Gasteiger partial charge in [-0.25, -0.2) is 0 Å². The SMILES string of the molecule is CCCCCCC(O)CCCCCCCCCCC(=O)OCC(C)C. The molecule has 0 aliphatic rings. The van der Waals surface area contributed by atoms with Crippen LogP contribution in [0.15, 0.2) is 0 Å². The summed E-state index contributed by atoms with van der Waals surface area (Å²) in [6, 6.07) is 0. The number of aliphatic hydroxyl groups excluding tert-OH is 1. The van der Waals surface area contributed by atoms with Crippen LogP contribution < -0.4 is 0 Å². The second-order valence-corrected chi connectivity index (χ2v) is 7.95. The molecule has 0 bridgehead atoms. The Hall–Kier alpha value is -0.570. The fourth-order valence-corrected chi connectivity index (χ4v) is 2.99. The van der Waals surface area contributed by atoms with Gasteiger partial charge in [0.05, 0.1) is 12.7 Å². The van der Waals surface area contributed by atoms with E-state index in [0.29, 0.717) is 18.9 Å². The van der Waals surface area contributed by atoms with Crippen LogP contribution in [0.2, 0.25) is 0 Å². The Labute approximate surface area is 156 Å². The van der Waals surface area contributed by atoms with Crippen LogP contribution in [0.5, 0.6) is 0 Å². The van der Waals surface area contributed by atoms with Crippen LogP contribution in [0.4, 0.5) is 0 Å². The Morgan fingerprint density at radius 2 is 1.28 bits per heavy atom. The van der Waals surface area contributed by atoms with Gasteiger partial charge >= 0.3 is 5.97 Å². The zero-order chi connectivity index (χ0) is 18.8. The smallest absolute Gasteiger partial charge is 0.305 e. The second kappa shape index (κ2) is 18.2. The van der Waals surface area contributed by atoms with Crippen molar-refractivity contribution in [1.82, 2.24) is 0 Å². The maximum absolute atomic E-state index is 11.5. The highest BCUT2D eigenvalue weighted by Gasteiger charge is 2.05. The van der Waals surface area contributed by atoms with Gasteiger partial charge in [-0.3, -0.25) is 4.79 Å². The average molecular weight is 357 g/mol. The molecular weight excluding hydrogens is 312 g/mol.